The van der Waals surface area contributed by atoms with Crippen molar-refractivity contribution in [3.63, 3.8) is 0 Å². The van der Waals surface area contributed by atoms with Crippen molar-refractivity contribution in [1.29, 1.82) is 0 Å². The first-order valence-electron chi connectivity index (χ1n) is 7.19. The molecule has 1 aromatic heterocycles. The molecular weight excluding hydrogens is 266 g/mol. The number of hydrogen-bond acceptors (Lipinski definition) is 5. The van der Waals surface area contributed by atoms with Crippen LogP contribution in [0.4, 0.5) is 5.69 Å². The van der Waals surface area contributed by atoms with Crippen molar-refractivity contribution in [3.05, 3.63) is 36.4 Å². The molecule has 2 aromatic rings. The van der Waals surface area contributed by atoms with Gasteiger partial charge in [0.2, 0.25) is 0 Å². The number of rotatable bonds is 7. The number of hydrogen-bond donors (Lipinski definition) is 0. The van der Waals surface area contributed by atoms with Gasteiger partial charge in [-0.1, -0.05) is 0 Å². The van der Waals surface area contributed by atoms with E-state index < -0.39 is 0 Å². The summed E-state index contributed by atoms with van der Waals surface area (Å²) in [6.07, 6.45) is 4.84. The second-order valence-electron chi connectivity index (χ2n) is 4.41. The van der Waals surface area contributed by atoms with E-state index in [0.717, 1.165) is 30.1 Å². The third kappa shape index (κ3) is 3.81. The van der Waals surface area contributed by atoms with Crippen molar-refractivity contribution < 1.29 is 4.74 Å². The predicted molar refractivity (Wildman–Crippen MR) is 84.2 cm³/mol. The molecule has 2 rings (SSSR count). The van der Waals surface area contributed by atoms with Crippen LogP contribution in [0.15, 0.2) is 36.0 Å². The third-order valence-corrected chi connectivity index (χ3v) is 3.16. The summed E-state index contributed by atoms with van der Waals surface area (Å²) in [6, 6.07) is 6.17. The molecule has 112 valence electrons. The van der Waals surface area contributed by atoms with Crippen LogP contribution in [-0.2, 0) is 0 Å². The molecule has 0 spiro atoms. The van der Waals surface area contributed by atoms with Crippen molar-refractivity contribution in [3.8, 4) is 5.75 Å². The summed E-state index contributed by atoms with van der Waals surface area (Å²) in [5, 5.41) is 11.7. The molecule has 0 bridgehead atoms. The second-order valence-corrected chi connectivity index (χ2v) is 4.41. The predicted octanol–water partition coefficient (Wildman–Crippen LogP) is 2.41. The Balaban J connectivity index is 2.28. The molecular formula is C15H21N5O. The van der Waals surface area contributed by atoms with E-state index in [1.807, 2.05) is 13.0 Å². The van der Waals surface area contributed by atoms with Crippen LogP contribution in [0.5, 0.6) is 5.75 Å². The largest absolute Gasteiger partial charge is 0.493 e. The summed E-state index contributed by atoms with van der Waals surface area (Å²) in [6.45, 7) is 8.82. The Morgan fingerprint density at radius 1 is 1.19 bits per heavy atom. The van der Waals surface area contributed by atoms with Gasteiger partial charge in [-0.05, 0) is 32.9 Å². The third-order valence-electron chi connectivity index (χ3n) is 3.16. The number of benzene rings is 1. The van der Waals surface area contributed by atoms with Crippen molar-refractivity contribution in [2.24, 2.45) is 5.10 Å². The molecule has 0 aliphatic heterocycles. The number of anilines is 1. The Morgan fingerprint density at radius 3 is 2.52 bits per heavy atom. The van der Waals surface area contributed by atoms with Crippen LogP contribution in [0, 0.1) is 0 Å². The van der Waals surface area contributed by atoms with Gasteiger partial charge in [0.15, 0.2) is 0 Å². The minimum Gasteiger partial charge on any atom is -0.493 e. The quantitative estimate of drug-likeness (QED) is 0.734. The Labute approximate surface area is 125 Å². The van der Waals surface area contributed by atoms with E-state index in [-0.39, 0.29) is 0 Å². The van der Waals surface area contributed by atoms with E-state index in [9.17, 15) is 0 Å². The number of aromatic nitrogens is 3. The number of nitrogens with zero attached hydrogens (tertiary/aromatic N) is 5. The molecule has 0 radical (unpaired) electrons. The van der Waals surface area contributed by atoms with Gasteiger partial charge in [0, 0.05) is 30.4 Å². The van der Waals surface area contributed by atoms with E-state index in [0.29, 0.717) is 6.61 Å². The van der Waals surface area contributed by atoms with Gasteiger partial charge in [-0.25, -0.2) is 4.68 Å². The van der Waals surface area contributed by atoms with Crippen molar-refractivity contribution in [1.82, 2.24) is 14.9 Å². The molecule has 1 heterocycles. The summed E-state index contributed by atoms with van der Waals surface area (Å²) in [4.78, 5) is 2.28. The smallest absolute Gasteiger partial charge is 0.141 e. The molecule has 0 unspecified atom stereocenters. The van der Waals surface area contributed by atoms with Crippen LogP contribution in [0.25, 0.3) is 0 Å². The Morgan fingerprint density at radius 2 is 1.90 bits per heavy atom. The SMILES string of the molecule is CCOc1cc(N(CC)CC)ccc1/C=N/n1cnnc1. The van der Waals surface area contributed by atoms with Gasteiger partial charge in [0.1, 0.15) is 18.4 Å². The molecule has 0 atom stereocenters. The fourth-order valence-electron chi connectivity index (χ4n) is 2.08. The Kier molecular flexibility index (Phi) is 5.31. The molecule has 6 heteroatoms. The molecule has 0 fully saturated rings. The minimum atomic E-state index is 0.620. The molecule has 0 amide bonds. The highest BCUT2D eigenvalue weighted by atomic mass is 16.5. The maximum atomic E-state index is 5.73. The zero-order chi connectivity index (χ0) is 15.1. The summed E-state index contributed by atoms with van der Waals surface area (Å²) in [5.74, 6) is 0.832. The maximum Gasteiger partial charge on any atom is 0.141 e. The monoisotopic (exact) mass is 287 g/mol. The first kappa shape index (κ1) is 15.0. The van der Waals surface area contributed by atoms with E-state index in [1.165, 1.54) is 0 Å². The Hall–Kier alpha value is -2.37. The van der Waals surface area contributed by atoms with Crippen LogP contribution < -0.4 is 9.64 Å². The van der Waals surface area contributed by atoms with Crippen LogP contribution in [-0.4, -0.2) is 40.8 Å². The molecule has 0 aliphatic rings. The first-order valence-corrected chi connectivity index (χ1v) is 7.19. The Bertz CT molecular complexity index is 576. The lowest BCUT2D eigenvalue weighted by atomic mass is 10.2. The summed E-state index contributed by atoms with van der Waals surface area (Å²) in [7, 11) is 0. The maximum absolute atomic E-state index is 5.73. The zero-order valence-electron chi connectivity index (χ0n) is 12.7. The summed E-state index contributed by atoms with van der Waals surface area (Å²) >= 11 is 0. The topological polar surface area (TPSA) is 55.5 Å². The van der Waals surface area contributed by atoms with E-state index in [2.05, 4.69) is 46.2 Å². The van der Waals surface area contributed by atoms with Gasteiger partial charge < -0.3 is 9.64 Å². The fourth-order valence-corrected chi connectivity index (χ4v) is 2.08. The van der Waals surface area contributed by atoms with Crippen LogP contribution >= 0.6 is 0 Å². The highest BCUT2D eigenvalue weighted by Gasteiger charge is 2.07. The lowest BCUT2D eigenvalue weighted by molar-refractivity contribution is 0.340. The van der Waals surface area contributed by atoms with E-state index in [1.54, 1.807) is 23.5 Å². The molecule has 0 saturated heterocycles. The first-order chi connectivity index (χ1) is 10.3. The molecule has 21 heavy (non-hydrogen) atoms. The van der Waals surface area contributed by atoms with Crippen LogP contribution in [0.3, 0.4) is 0 Å². The van der Waals surface area contributed by atoms with Gasteiger partial charge in [-0.15, -0.1) is 10.2 Å². The lowest BCUT2D eigenvalue weighted by Crippen LogP contribution is -2.21. The molecule has 1 aromatic carbocycles. The van der Waals surface area contributed by atoms with Gasteiger partial charge in [-0.2, -0.15) is 5.10 Å². The summed E-state index contributed by atoms with van der Waals surface area (Å²) in [5.41, 5.74) is 2.09. The van der Waals surface area contributed by atoms with Gasteiger partial charge >= 0.3 is 0 Å². The molecule has 0 saturated carbocycles. The molecule has 0 N–H and O–H groups in total. The van der Waals surface area contributed by atoms with Crippen LogP contribution in [0.2, 0.25) is 0 Å². The minimum absolute atomic E-state index is 0.620. The van der Waals surface area contributed by atoms with E-state index >= 15 is 0 Å². The average Bonchev–Trinajstić information content (AvgIpc) is 3.01. The standard InChI is InChI=1S/C15H21N5O/c1-4-19(5-2)14-8-7-13(15(9-14)21-6-3)10-18-20-11-16-17-12-20/h7-12H,4-6H2,1-3H3/b18-10+. The van der Waals surface area contributed by atoms with Crippen molar-refractivity contribution >= 4 is 11.9 Å². The van der Waals surface area contributed by atoms with Crippen LogP contribution in [0.1, 0.15) is 26.3 Å². The van der Waals surface area contributed by atoms with E-state index in [4.69, 9.17) is 4.74 Å². The van der Waals surface area contributed by atoms with Gasteiger partial charge in [0.05, 0.1) is 12.8 Å². The highest BCUT2D eigenvalue weighted by Crippen LogP contribution is 2.25. The van der Waals surface area contributed by atoms with Gasteiger partial charge in [-0.3, -0.25) is 0 Å². The lowest BCUT2D eigenvalue weighted by Gasteiger charge is -2.22. The average molecular weight is 287 g/mol. The zero-order valence-corrected chi connectivity index (χ0v) is 12.7. The fraction of sp³-hybridized carbons (Fsp3) is 0.400. The highest BCUT2D eigenvalue weighted by molar-refractivity contribution is 5.84. The summed E-state index contributed by atoms with van der Waals surface area (Å²) < 4.78 is 7.28. The van der Waals surface area contributed by atoms with Crippen molar-refractivity contribution in [2.75, 3.05) is 24.6 Å². The molecule has 6 nitrogen and oxygen atoms in total. The normalized spacial score (nSPS) is 11.0. The second kappa shape index (κ2) is 7.42. The van der Waals surface area contributed by atoms with Crippen molar-refractivity contribution in [2.45, 2.75) is 20.8 Å². The van der Waals surface area contributed by atoms with Gasteiger partial charge in [0.25, 0.3) is 0 Å². The number of ether oxygens (including phenoxy) is 1. The molecule has 0 aliphatic carbocycles.